The quantitative estimate of drug-likeness (QED) is 0.696. The molecule has 2 atom stereocenters. The molecule has 0 saturated heterocycles. The Balaban J connectivity index is 3.81. The summed E-state index contributed by atoms with van der Waals surface area (Å²) in [6.07, 6.45) is -4.87. The minimum absolute atomic E-state index is 0.0490. The number of aliphatic carboxylic acids is 1. The lowest BCUT2D eigenvalue weighted by Crippen LogP contribution is -2.35. The van der Waals surface area contributed by atoms with Gasteiger partial charge in [-0.15, -0.1) is 0 Å². The molecule has 0 aromatic rings. The molecular weight excluding hydrogens is 251 g/mol. The Morgan fingerprint density at radius 2 is 1.72 bits per heavy atom. The highest BCUT2D eigenvalue weighted by atomic mass is 19.4. The van der Waals surface area contributed by atoms with E-state index >= 15 is 0 Å². The van der Waals surface area contributed by atoms with Crippen LogP contribution in [0, 0.1) is 11.8 Å². The van der Waals surface area contributed by atoms with E-state index in [4.69, 9.17) is 5.11 Å². The summed E-state index contributed by atoms with van der Waals surface area (Å²) < 4.78 is 35.4. The lowest BCUT2D eigenvalue weighted by molar-refractivity contribution is -0.146. The van der Waals surface area contributed by atoms with Crippen LogP contribution in [0.1, 0.15) is 33.1 Å². The van der Waals surface area contributed by atoms with Gasteiger partial charge in [-0.05, 0) is 12.8 Å². The lowest BCUT2D eigenvalue weighted by atomic mass is 9.95. The van der Waals surface area contributed by atoms with Crippen LogP contribution in [0.5, 0.6) is 0 Å². The molecule has 0 aromatic carbocycles. The van der Waals surface area contributed by atoms with E-state index in [0.29, 0.717) is 0 Å². The van der Waals surface area contributed by atoms with E-state index in [1.54, 1.807) is 0 Å². The number of carbonyl (C=O) groups is 2. The van der Waals surface area contributed by atoms with Gasteiger partial charge in [0.1, 0.15) is 0 Å². The monoisotopic (exact) mass is 269 g/mol. The first-order valence-electron chi connectivity index (χ1n) is 5.72. The highest BCUT2D eigenvalue weighted by molar-refractivity contribution is 5.84. The number of hydrogen-bond donors (Lipinski definition) is 2. The van der Waals surface area contributed by atoms with E-state index < -0.39 is 36.3 Å². The molecule has 0 aromatic heterocycles. The normalized spacial score (nSPS) is 14.9. The summed E-state index contributed by atoms with van der Waals surface area (Å²) in [6.45, 7) is 3.02. The van der Waals surface area contributed by atoms with E-state index in [2.05, 4.69) is 5.32 Å². The average molecular weight is 269 g/mol. The van der Waals surface area contributed by atoms with Crippen LogP contribution < -0.4 is 5.32 Å². The van der Waals surface area contributed by atoms with Crippen molar-refractivity contribution in [1.29, 1.82) is 0 Å². The molecule has 4 nitrogen and oxygen atoms in total. The van der Waals surface area contributed by atoms with Crippen LogP contribution in [0.2, 0.25) is 0 Å². The molecule has 0 heterocycles. The lowest BCUT2D eigenvalue weighted by Gasteiger charge is -2.15. The molecule has 0 aliphatic rings. The minimum atomic E-state index is -4.17. The van der Waals surface area contributed by atoms with Gasteiger partial charge in [-0.25, -0.2) is 0 Å². The fraction of sp³-hybridized carbons (Fsp3) is 0.818. The van der Waals surface area contributed by atoms with Gasteiger partial charge in [-0.3, -0.25) is 9.59 Å². The number of rotatable bonds is 7. The maximum atomic E-state index is 11.8. The van der Waals surface area contributed by atoms with Gasteiger partial charge in [0.25, 0.3) is 0 Å². The van der Waals surface area contributed by atoms with Crippen molar-refractivity contribution in [2.24, 2.45) is 11.8 Å². The van der Waals surface area contributed by atoms with Crippen molar-refractivity contribution in [3.05, 3.63) is 0 Å². The second-order valence-electron chi connectivity index (χ2n) is 4.28. The summed E-state index contributed by atoms with van der Waals surface area (Å²) in [5.41, 5.74) is 0. The summed E-state index contributed by atoms with van der Waals surface area (Å²) in [5, 5.41) is 11.1. The standard InChI is InChI=1S/C11H18F3NO3/c1-7(8(2)10(17)18)9(16)15-6-4-3-5-11(12,13)14/h7-8H,3-6H2,1-2H3,(H,15,16)(H,17,18). The maximum Gasteiger partial charge on any atom is 0.389 e. The molecule has 0 bridgehead atoms. The topological polar surface area (TPSA) is 66.4 Å². The molecule has 0 saturated carbocycles. The van der Waals surface area contributed by atoms with Gasteiger partial charge in [0.15, 0.2) is 0 Å². The molecule has 0 spiro atoms. The average Bonchev–Trinajstić information content (AvgIpc) is 2.24. The summed E-state index contributed by atoms with van der Waals surface area (Å²) in [4.78, 5) is 22.1. The number of hydrogen-bond acceptors (Lipinski definition) is 2. The third-order valence-electron chi connectivity index (χ3n) is 2.74. The van der Waals surface area contributed by atoms with Gasteiger partial charge < -0.3 is 10.4 Å². The first kappa shape index (κ1) is 16.7. The summed E-state index contributed by atoms with van der Waals surface area (Å²) in [6, 6.07) is 0. The van der Waals surface area contributed by atoms with E-state index in [-0.39, 0.29) is 19.4 Å². The number of amides is 1. The number of alkyl halides is 3. The first-order valence-corrected chi connectivity index (χ1v) is 5.72. The van der Waals surface area contributed by atoms with Gasteiger partial charge in [-0.1, -0.05) is 13.8 Å². The zero-order chi connectivity index (χ0) is 14.3. The molecule has 0 fully saturated rings. The zero-order valence-electron chi connectivity index (χ0n) is 10.4. The molecule has 106 valence electrons. The molecule has 2 unspecified atom stereocenters. The molecular formula is C11H18F3NO3. The predicted octanol–water partition coefficient (Wildman–Crippen LogP) is 2.19. The predicted molar refractivity (Wildman–Crippen MR) is 58.9 cm³/mol. The molecule has 0 radical (unpaired) electrons. The highest BCUT2D eigenvalue weighted by Crippen LogP contribution is 2.21. The summed E-state index contributed by atoms with van der Waals surface area (Å²) in [5.74, 6) is -3.04. The molecule has 0 rings (SSSR count). The Hall–Kier alpha value is -1.27. The fourth-order valence-corrected chi connectivity index (χ4v) is 1.26. The number of halogens is 3. The van der Waals surface area contributed by atoms with Crippen molar-refractivity contribution in [3.8, 4) is 0 Å². The van der Waals surface area contributed by atoms with Crippen molar-refractivity contribution >= 4 is 11.9 Å². The highest BCUT2D eigenvalue weighted by Gasteiger charge is 2.27. The van der Waals surface area contributed by atoms with Crippen LogP contribution in [0.25, 0.3) is 0 Å². The minimum Gasteiger partial charge on any atom is -0.481 e. The van der Waals surface area contributed by atoms with Crippen LogP contribution in [0.4, 0.5) is 13.2 Å². The molecule has 0 aliphatic carbocycles. The summed E-state index contributed by atoms with van der Waals surface area (Å²) >= 11 is 0. The summed E-state index contributed by atoms with van der Waals surface area (Å²) in [7, 11) is 0. The van der Waals surface area contributed by atoms with E-state index in [1.807, 2.05) is 0 Å². The maximum absolute atomic E-state index is 11.8. The molecule has 7 heteroatoms. The van der Waals surface area contributed by atoms with Crippen LogP contribution >= 0.6 is 0 Å². The second-order valence-corrected chi connectivity index (χ2v) is 4.28. The van der Waals surface area contributed by atoms with Crippen LogP contribution in [0.15, 0.2) is 0 Å². The Morgan fingerprint density at radius 3 is 2.17 bits per heavy atom. The van der Waals surface area contributed by atoms with Crippen molar-refractivity contribution in [1.82, 2.24) is 5.32 Å². The molecule has 0 aliphatic heterocycles. The number of nitrogens with one attached hydrogen (secondary N) is 1. The Kier molecular flexibility index (Phi) is 6.72. The van der Waals surface area contributed by atoms with E-state index in [9.17, 15) is 22.8 Å². The van der Waals surface area contributed by atoms with Gasteiger partial charge in [0, 0.05) is 18.9 Å². The van der Waals surface area contributed by atoms with Crippen LogP contribution in [-0.2, 0) is 9.59 Å². The second kappa shape index (κ2) is 7.23. The third kappa shape index (κ3) is 7.13. The van der Waals surface area contributed by atoms with E-state index in [1.165, 1.54) is 13.8 Å². The number of carboxylic acid groups (broad SMARTS) is 1. The van der Waals surface area contributed by atoms with Crippen molar-refractivity contribution in [2.45, 2.75) is 39.3 Å². The van der Waals surface area contributed by atoms with Crippen molar-refractivity contribution in [3.63, 3.8) is 0 Å². The van der Waals surface area contributed by atoms with E-state index in [0.717, 1.165) is 0 Å². The largest absolute Gasteiger partial charge is 0.481 e. The van der Waals surface area contributed by atoms with Crippen molar-refractivity contribution < 1.29 is 27.9 Å². The van der Waals surface area contributed by atoms with Gasteiger partial charge in [0.05, 0.1) is 5.92 Å². The smallest absolute Gasteiger partial charge is 0.389 e. The Bertz CT molecular complexity index is 292. The number of carbonyl (C=O) groups excluding carboxylic acids is 1. The SMILES string of the molecule is CC(C(=O)O)C(C)C(=O)NCCCCC(F)(F)F. The zero-order valence-corrected chi connectivity index (χ0v) is 10.4. The van der Waals surface area contributed by atoms with Crippen LogP contribution in [0.3, 0.4) is 0 Å². The molecule has 2 N–H and O–H groups in total. The fourth-order valence-electron chi connectivity index (χ4n) is 1.26. The van der Waals surface area contributed by atoms with Crippen molar-refractivity contribution in [2.75, 3.05) is 6.54 Å². The molecule has 18 heavy (non-hydrogen) atoms. The molecule has 1 amide bonds. The van der Waals surface area contributed by atoms with Gasteiger partial charge >= 0.3 is 12.1 Å². The first-order chi connectivity index (χ1) is 8.15. The van der Waals surface area contributed by atoms with Crippen LogP contribution in [-0.4, -0.2) is 29.7 Å². The number of carboxylic acids is 1. The Morgan fingerprint density at radius 1 is 1.17 bits per heavy atom. The Labute approximate surface area is 104 Å². The van der Waals surface area contributed by atoms with Gasteiger partial charge in [-0.2, -0.15) is 13.2 Å². The third-order valence-corrected chi connectivity index (χ3v) is 2.74. The number of unbranched alkanes of at least 4 members (excludes halogenated alkanes) is 1. The van der Waals surface area contributed by atoms with Gasteiger partial charge in [0.2, 0.25) is 5.91 Å².